The van der Waals surface area contributed by atoms with Crippen LogP contribution in [0.25, 0.3) is 0 Å². The first kappa shape index (κ1) is 15.0. The molecule has 1 aliphatic carbocycles. The molecule has 1 heteroatoms. The Balaban J connectivity index is 1.53. The molecule has 1 saturated carbocycles. The fourth-order valence-electron chi connectivity index (χ4n) is 3.54. The van der Waals surface area contributed by atoms with Gasteiger partial charge in [0.05, 0.1) is 0 Å². The van der Waals surface area contributed by atoms with Gasteiger partial charge in [0.2, 0.25) is 0 Å². The summed E-state index contributed by atoms with van der Waals surface area (Å²) >= 11 is 0. The van der Waals surface area contributed by atoms with Crippen LogP contribution in [0, 0.1) is 12.8 Å². The van der Waals surface area contributed by atoms with Crippen LogP contribution < -0.4 is 0 Å². The molecule has 0 saturated heterocycles. The van der Waals surface area contributed by atoms with Crippen molar-refractivity contribution >= 4 is 5.78 Å². The Bertz CT molecular complexity index is 604. The molecule has 1 aliphatic rings. The summed E-state index contributed by atoms with van der Waals surface area (Å²) < 4.78 is 0. The summed E-state index contributed by atoms with van der Waals surface area (Å²) in [6.07, 6.45) is 5.50. The van der Waals surface area contributed by atoms with E-state index in [1.54, 1.807) is 0 Å². The lowest BCUT2D eigenvalue weighted by atomic mass is 9.76. The Morgan fingerprint density at radius 1 is 0.909 bits per heavy atom. The largest absolute Gasteiger partial charge is 0.294 e. The van der Waals surface area contributed by atoms with Crippen molar-refractivity contribution in [3.8, 4) is 0 Å². The average Bonchev–Trinajstić information content (AvgIpc) is 2.57. The number of carbonyl (C=O) groups is 1. The third-order valence-corrected chi connectivity index (χ3v) is 4.97. The molecule has 2 aromatic carbocycles. The van der Waals surface area contributed by atoms with Gasteiger partial charge in [0, 0.05) is 12.0 Å². The maximum absolute atomic E-state index is 12.4. The van der Waals surface area contributed by atoms with E-state index >= 15 is 0 Å². The highest BCUT2D eigenvalue weighted by molar-refractivity contribution is 5.96. The van der Waals surface area contributed by atoms with Crippen LogP contribution in [-0.2, 0) is 0 Å². The van der Waals surface area contributed by atoms with E-state index in [4.69, 9.17) is 0 Å². The van der Waals surface area contributed by atoms with Crippen LogP contribution in [0.15, 0.2) is 54.6 Å². The molecule has 22 heavy (non-hydrogen) atoms. The minimum atomic E-state index is 0.308. The molecule has 0 aromatic heterocycles. The zero-order valence-electron chi connectivity index (χ0n) is 13.3. The Hall–Kier alpha value is -1.89. The quantitative estimate of drug-likeness (QED) is 0.676. The van der Waals surface area contributed by atoms with Crippen molar-refractivity contribution in [3.63, 3.8) is 0 Å². The van der Waals surface area contributed by atoms with Crippen LogP contribution in [0.5, 0.6) is 0 Å². The molecule has 0 unspecified atom stereocenters. The van der Waals surface area contributed by atoms with Crippen molar-refractivity contribution in [1.29, 1.82) is 0 Å². The van der Waals surface area contributed by atoms with Gasteiger partial charge in [-0.2, -0.15) is 0 Å². The molecule has 0 heterocycles. The van der Waals surface area contributed by atoms with Gasteiger partial charge >= 0.3 is 0 Å². The maximum Gasteiger partial charge on any atom is 0.163 e. The highest BCUT2D eigenvalue weighted by Gasteiger charge is 2.24. The van der Waals surface area contributed by atoms with Crippen molar-refractivity contribution in [2.45, 2.75) is 44.9 Å². The van der Waals surface area contributed by atoms with Crippen molar-refractivity contribution in [2.75, 3.05) is 0 Å². The Kier molecular flexibility index (Phi) is 4.72. The molecule has 0 spiro atoms. The van der Waals surface area contributed by atoms with Gasteiger partial charge in [-0.15, -0.1) is 0 Å². The molecule has 0 radical (unpaired) electrons. The average molecular weight is 292 g/mol. The van der Waals surface area contributed by atoms with Crippen LogP contribution in [0.2, 0.25) is 0 Å². The summed E-state index contributed by atoms with van der Waals surface area (Å²) in [7, 11) is 0. The van der Waals surface area contributed by atoms with Crippen LogP contribution in [0.1, 0.15) is 59.5 Å². The SMILES string of the molecule is Cc1ccc(C(=O)CC2CCC(c3ccccc3)CC2)cc1. The van der Waals surface area contributed by atoms with Gasteiger partial charge in [0.25, 0.3) is 0 Å². The highest BCUT2D eigenvalue weighted by atomic mass is 16.1. The summed E-state index contributed by atoms with van der Waals surface area (Å²) in [4.78, 5) is 12.4. The zero-order chi connectivity index (χ0) is 15.4. The van der Waals surface area contributed by atoms with Gasteiger partial charge in [0.15, 0.2) is 5.78 Å². The maximum atomic E-state index is 12.4. The van der Waals surface area contributed by atoms with Gasteiger partial charge in [0.1, 0.15) is 0 Å². The fourth-order valence-corrected chi connectivity index (χ4v) is 3.54. The summed E-state index contributed by atoms with van der Waals surface area (Å²) in [5, 5.41) is 0. The van der Waals surface area contributed by atoms with E-state index in [9.17, 15) is 4.79 Å². The topological polar surface area (TPSA) is 17.1 Å². The number of Topliss-reactive ketones (excluding diaryl/α,β-unsaturated/α-hetero) is 1. The third kappa shape index (κ3) is 3.65. The molecule has 1 fully saturated rings. The van der Waals surface area contributed by atoms with Gasteiger partial charge in [-0.3, -0.25) is 4.79 Å². The summed E-state index contributed by atoms with van der Waals surface area (Å²) in [5.41, 5.74) is 3.54. The van der Waals surface area contributed by atoms with Gasteiger partial charge in [-0.1, -0.05) is 60.2 Å². The van der Waals surface area contributed by atoms with E-state index in [-0.39, 0.29) is 0 Å². The minimum Gasteiger partial charge on any atom is -0.294 e. The van der Waals surface area contributed by atoms with Crippen LogP contribution in [0.4, 0.5) is 0 Å². The number of carbonyl (C=O) groups excluding carboxylic acids is 1. The van der Waals surface area contributed by atoms with Crippen LogP contribution in [-0.4, -0.2) is 5.78 Å². The van der Waals surface area contributed by atoms with Crippen molar-refractivity contribution in [3.05, 3.63) is 71.3 Å². The minimum absolute atomic E-state index is 0.308. The molecule has 0 aliphatic heterocycles. The van der Waals surface area contributed by atoms with Crippen LogP contribution in [0.3, 0.4) is 0 Å². The normalized spacial score (nSPS) is 21.5. The zero-order valence-corrected chi connectivity index (χ0v) is 13.3. The number of benzene rings is 2. The molecule has 1 nitrogen and oxygen atoms in total. The Labute approximate surface area is 133 Å². The molecule has 0 N–H and O–H groups in total. The van der Waals surface area contributed by atoms with Crippen molar-refractivity contribution < 1.29 is 4.79 Å². The lowest BCUT2D eigenvalue weighted by Gasteiger charge is -2.28. The second-order valence-electron chi connectivity index (χ2n) is 6.62. The first-order chi connectivity index (χ1) is 10.7. The number of rotatable bonds is 4. The van der Waals surface area contributed by atoms with E-state index in [1.165, 1.54) is 36.8 Å². The summed E-state index contributed by atoms with van der Waals surface area (Å²) in [6.45, 7) is 2.05. The monoisotopic (exact) mass is 292 g/mol. The fraction of sp³-hybridized carbons (Fsp3) is 0.381. The predicted molar refractivity (Wildman–Crippen MR) is 91.3 cm³/mol. The van der Waals surface area contributed by atoms with E-state index in [2.05, 4.69) is 37.3 Å². The number of hydrogen-bond donors (Lipinski definition) is 0. The molecule has 114 valence electrons. The lowest BCUT2D eigenvalue weighted by molar-refractivity contribution is 0.0948. The van der Waals surface area contributed by atoms with E-state index < -0.39 is 0 Å². The second-order valence-corrected chi connectivity index (χ2v) is 6.62. The number of aryl methyl sites for hydroxylation is 1. The molecule has 2 aromatic rings. The molecule has 0 atom stereocenters. The molecular formula is C21H24O. The summed E-state index contributed by atoms with van der Waals surface area (Å²) in [5.74, 6) is 1.56. The van der Waals surface area contributed by atoms with Crippen molar-refractivity contribution in [1.82, 2.24) is 0 Å². The summed E-state index contributed by atoms with van der Waals surface area (Å²) in [6, 6.07) is 18.8. The second kappa shape index (κ2) is 6.91. The van der Waals surface area contributed by atoms with Crippen molar-refractivity contribution in [2.24, 2.45) is 5.92 Å². The Morgan fingerprint density at radius 2 is 1.55 bits per heavy atom. The predicted octanol–water partition coefficient (Wildman–Crippen LogP) is 5.54. The number of hydrogen-bond acceptors (Lipinski definition) is 1. The third-order valence-electron chi connectivity index (χ3n) is 4.97. The van der Waals surface area contributed by atoms with Gasteiger partial charge in [-0.05, 0) is 50.0 Å². The Morgan fingerprint density at radius 3 is 2.18 bits per heavy atom. The van der Waals surface area contributed by atoms with E-state index in [1.807, 2.05) is 24.3 Å². The smallest absolute Gasteiger partial charge is 0.163 e. The molecule has 3 rings (SSSR count). The first-order valence-corrected chi connectivity index (χ1v) is 8.37. The number of ketones is 1. The first-order valence-electron chi connectivity index (χ1n) is 8.37. The van der Waals surface area contributed by atoms with E-state index in [0.29, 0.717) is 24.0 Å². The molecule has 0 bridgehead atoms. The molecular weight excluding hydrogens is 268 g/mol. The van der Waals surface area contributed by atoms with Gasteiger partial charge < -0.3 is 0 Å². The van der Waals surface area contributed by atoms with E-state index in [0.717, 1.165) is 5.56 Å². The van der Waals surface area contributed by atoms with Gasteiger partial charge in [-0.25, -0.2) is 0 Å². The molecule has 0 amide bonds. The highest BCUT2D eigenvalue weighted by Crippen LogP contribution is 2.37. The van der Waals surface area contributed by atoms with Crippen LogP contribution >= 0.6 is 0 Å². The lowest BCUT2D eigenvalue weighted by Crippen LogP contribution is -2.16. The standard InChI is InChI=1S/C21H24O/c1-16-7-11-20(12-8-16)21(22)15-17-9-13-19(14-10-17)18-5-3-2-4-6-18/h2-8,11-12,17,19H,9-10,13-15H2,1H3.